The maximum absolute atomic E-state index is 13.9. The van der Waals surface area contributed by atoms with Crippen molar-refractivity contribution in [2.45, 2.75) is 32.2 Å². The maximum Gasteiger partial charge on any atom is 0.226 e. The van der Waals surface area contributed by atoms with E-state index in [1.165, 1.54) is 6.07 Å². The van der Waals surface area contributed by atoms with Gasteiger partial charge in [0.25, 0.3) is 0 Å². The van der Waals surface area contributed by atoms with Crippen LogP contribution in [0.15, 0.2) is 18.2 Å². The van der Waals surface area contributed by atoms with Crippen molar-refractivity contribution in [1.29, 1.82) is 5.26 Å². The van der Waals surface area contributed by atoms with Gasteiger partial charge in [-0.2, -0.15) is 5.26 Å². The van der Waals surface area contributed by atoms with Crippen LogP contribution in [-0.4, -0.2) is 47.9 Å². The molecule has 0 aromatic heterocycles. The third-order valence-corrected chi connectivity index (χ3v) is 5.25. The standard InChI is InChI=1S/C19H23F2N3O/c1-12(2)18(11-22)23-5-7-24(8-6-23)19(25)16-10-14(16)15-9-13(20)3-4-17(15)21/h3-4,9,12,14,16,18H,5-8,10H2,1-2H3/t14-,16+,18-/m0/s1. The highest BCUT2D eigenvalue weighted by molar-refractivity contribution is 5.83. The molecular formula is C19H23F2N3O. The third-order valence-electron chi connectivity index (χ3n) is 5.25. The molecule has 1 amide bonds. The Kier molecular flexibility index (Phi) is 5.05. The Bertz CT molecular complexity index is 692. The van der Waals surface area contributed by atoms with E-state index in [2.05, 4.69) is 11.0 Å². The van der Waals surface area contributed by atoms with Crippen LogP contribution < -0.4 is 0 Å². The molecule has 1 heterocycles. The SMILES string of the molecule is CC(C)[C@H](C#N)N1CCN(C(=O)[C@@H]2C[C@H]2c2cc(F)ccc2F)CC1. The number of hydrogen-bond acceptors (Lipinski definition) is 3. The van der Waals surface area contributed by atoms with Gasteiger partial charge in [0.2, 0.25) is 5.91 Å². The van der Waals surface area contributed by atoms with E-state index in [0.717, 1.165) is 12.1 Å². The van der Waals surface area contributed by atoms with Crippen molar-refractivity contribution in [3.05, 3.63) is 35.4 Å². The molecule has 0 N–H and O–H groups in total. The molecule has 0 spiro atoms. The maximum atomic E-state index is 13.9. The second kappa shape index (κ2) is 7.09. The lowest BCUT2D eigenvalue weighted by Crippen LogP contribution is -2.53. The first-order valence-electron chi connectivity index (χ1n) is 8.79. The van der Waals surface area contributed by atoms with Crippen LogP contribution in [0, 0.1) is 34.8 Å². The summed E-state index contributed by atoms with van der Waals surface area (Å²) >= 11 is 0. The molecule has 1 aliphatic heterocycles. The Morgan fingerprint density at radius 3 is 2.52 bits per heavy atom. The summed E-state index contributed by atoms with van der Waals surface area (Å²) in [6, 6.07) is 5.62. The van der Waals surface area contributed by atoms with Crippen molar-refractivity contribution in [3.8, 4) is 6.07 Å². The van der Waals surface area contributed by atoms with Gasteiger partial charge < -0.3 is 4.90 Å². The fourth-order valence-electron chi connectivity index (χ4n) is 3.72. The normalized spacial score (nSPS) is 24.9. The monoisotopic (exact) mass is 347 g/mol. The molecule has 1 aromatic rings. The van der Waals surface area contributed by atoms with E-state index in [1.54, 1.807) is 4.90 Å². The molecule has 1 aliphatic carbocycles. The Labute approximate surface area is 147 Å². The first-order chi connectivity index (χ1) is 11.9. The molecule has 134 valence electrons. The lowest BCUT2D eigenvalue weighted by atomic mass is 10.0. The van der Waals surface area contributed by atoms with Gasteiger partial charge in [-0.25, -0.2) is 8.78 Å². The minimum atomic E-state index is -0.473. The van der Waals surface area contributed by atoms with Gasteiger partial charge in [-0.05, 0) is 42.0 Å². The summed E-state index contributed by atoms with van der Waals surface area (Å²) in [4.78, 5) is 16.6. The highest BCUT2D eigenvalue weighted by Gasteiger charge is 2.47. The van der Waals surface area contributed by atoms with E-state index in [4.69, 9.17) is 0 Å². The van der Waals surface area contributed by atoms with Crippen LogP contribution in [0.3, 0.4) is 0 Å². The fraction of sp³-hybridized carbons (Fsp3) is 0.579. The third kappa shape index (κ3) is 3.67. The first kappa shape index (κ1) is 17.8. The van der Waals surface area contributed by atoms with Crippen LogP contribution in [-0.2, 0) is 4.79 Å². The minimum absolute atomic E-state index is 0.0198. The second-order valence-electron chi connectivity index (χ2n) is 7.29. The van der Waals surface area contributed by atoms with Crippen LogP contribution >= 0.6 is 0 Å². The molecule has 0 unspecified atom stereocenters. The van der Waals surface area contributed by atoms with E-state index in [-0.39, 0.29) is 29.7 Å². The van der Waals surface area contributed by atoms with Gasteiger partial charge >= 0.3 is 0 Å². The zero-order valence-electron chi connectivity index (χ0n) is 14.6. The van der Waals surface area contributed by atoms with Crippen molar-refractivity contribution in [2.75, 3.05) is 26.2 Å². The predicted molar refractivity (Wildman–Crippen MR) is 89.6 cm³/mol. The number of hydrogen-bond donors (Lipinski definition) is 0. The van der Waals surface area contributed by atoms with E-state index in [0.29, 0.717) is 38.2 Å². The molecule has 1 saturated carbocycles. The lowest BCUT2D eigenvalue weighted by molar-refractivity contribution is -0.134. The topological polar surface area (TPSA) is 47.3 Å². The summed E-state index contributed by atoms with van der Waals surface area (Å²) in [6.45, 7) is 6.56. The number of rotatable bonds is 4. The summed E-state index contributed by atoms with van der Waals surface area (Å²) in [7, 11) is 0. The largest absolute Gasteiger partial charge is 0.340 e. The summed E-state index contributed by atoms with van der Waals surface area (Å²) in [5, 5.41) is 9.29. The minimum Gasteiger partial charge on any atom is -0.340 e. The zero-order chi connectivity index (χ0) is 18.1. The highest BCUT2D eigenvalue weighted by atomic mass is 19.1. The van der Waals surface area contributed by atoms with E-state index in [9.17, 15) is 18.8 Å². The Hall–Kier alpha value is -2.00. The Morgan fingerprint density at radius 2 is 1.92 bits per heavy atom. The molecule has 6 heteroatoms. The number of piperazine rings is 1. The number of halogens is 2. The van der Waals surface area contributed by atoms with Gasteiger partial charge in [0.05, 0.1) is 6.07 Å². The molecule has 2 fully saturated rings. The van der Waals surface area contributed by atoms with Crippen molar-refractivity contribution < 1.29 is 13.6 Å². The van der Waals surface area contributed by atoms with Gasteiger partial charge in [0.1, 0.15) is 17.7 Å². The van der Waals surface area contributed by atoms with Crippen LogP contribution in [0.4, 0.5) is 8.78 Å². The summed E-state index contributed by atoms with van der Waals surface area (Å²) < 4.78 is 27.2. The summed E-state index contributed by atoms with van der Waals surface area (Å²) in [6.07, 6.45) is 0.576. The van der Waals surface area contributed by atoms with E-state index in [1.807, 2.05) is 13.8 Å². The zero-order valence-corrected chi connectivity index (χ0v) is 14.6. The number of nitrogens with zero attached hydrogens (tertiary/aromatic N) is 3. The average molecular weight is 347 g/mol. The fourth-order valence-corrected chi connectivity index (χ4v) is 3.72. The smallest absolute Gasteiger partial charge is 0.226 e. The van der Waals surface area contributed by atoms with Gasteiger partial charge in [0, 0.05) is 32.1 Å². The molecule has 0 radical (unpaired) electrons. The van der Waals surface area contributed by atoms with Crippen LogP contribution in [0.2, 0.25) is 0 Å². The Morgan fingerprint density at radius 1 is 1.24 bits per heavy atom. The van der Waals surface area contributed by atoms with Crippen LogP contribution in [0.1, 0.15) is 31.7 Å². The summed E-state index contributed by atoms with van der Waals surface area (Å²) in [5.74, 6) is -1.12. The lowest BCUT2D eigenvalue weighted by Gasteiger charge is -2.38. The molecular weight excluding hydrogens is 324 g/mol. The molecule has 25 heavy (non-hydrogen) atoms. The number of amides is 1. The van der Waals surface area contributed by atoms with Crippen LogP contribution in [0.25, 0.3) is 0 Å². The van der Waals surface area contributed by atoms with Gasteiger partial charge in [-0.15, -0.1) is 0 Å². The van der Waals surface area contributed by atoms with Crippen molar-refractivity contribution in [2.24, 2.45) is 11.8 Å². The van der Waals surface area contributed by atoms with Gasteiger partial charge in [-0.1, -0.05) is 13.8 Å². The van der Waals surface area contributed by atoms with Gasteiger partial charge in [-0.3, -0.25) is 9.69 Å². The average Bonchev–Trinajstić information content (AvgIpc) is 3.38. The van der Waals surface area contributed by atoms with E-state index < -0.39 is 11.6 Å². The van der Waals surface area contributed by atoms with Crippen molar-refractivity contribution >= 4 is 5.91 Å². The number of carbonyl (C=O) groups excluding carboxylic acids is 1. The predicted octanol–water partition coefficient (Wildman–Crippen LogP) is 2.76. The van der Waals surface area contributed by atoms with Crippen molar-refractivity contribution in [3.63, 3.8) is 0 Å². The highest BCUT2D eigenvalue weighted by Crippen LogP contribution is 2.49. The number of nitriles is 1. The summed E-state index contributed by atoms with van der Waals surface area (Å²) in [5.41, 5.74) is 0.307. The van der Waals surface area contributed by atoms with Crippen LogP contribution in [0.5, 0.6) is 0 Å². The molecule has 3 atom stereocenters. The quantitative estimate of drug-likeness (QED) is 0.841. The Balaban J connectivity index is 1.58. The van der Waals surface area contributed by atoms with Crippen molar-refractivity contribution in [1.82, 2.24) is 9.80 Å². The molecule has 0 bridgehead atoms. The second-order valence-corrected chi connectivity index (χ2v) is 7.29. The van der Waals surface area contributed by atoms with Gasteiger partial charge in [0.15, 0.2) is 0 Å². The molecule has 1 aromatic carbocycles. The molecule has 4 nitrogen and oxygen atoms in total. The number of benzene rings is 1. The van der Waals surface area contributed by atoms with E-state index >= 15 is 0 Å². The molecule has 3 rings (SSSR count). The number of carbonyl (C=O) groups is 1. The molecule has 2 aliphatic rings. The molecule has 1 saturated heterocycles. The first-order valence-corrected chi connectivity index (χ1v) is 8.79.